The summed E-state index contributed by atoms with van der Waals surface area (Å²) < 4.78 is 19.1. The topological polar surface area (TPSA) is 50.4 Å². The monoisotopic (exact) mass is 392 g/mol. The number of benzene rings is 2. The van der Waals surface area contributed by atoms with Gasteiger partial charge in [0, 0.05) is 19.1 Å². The van der Waals surface area contributed by atoms with Gasteiger partial charge >= 0.3 is 0 Å². The van der Waals surface area contributed by atoms with E-state index in [0.717, 1.165) is 42.7 Å². The van der Waals surface area contributed by atoms with Gasteiger partial charge in [0.15, 0.2) is 0 Å². The van der Waals surface area contributed by atoms with E-state index in [4.69, 9.17) is 4.74 Å². The average molecular weight is 392 g/mol. The van der Waals surface area contributed by atoms with Crippen LogP contribution in [0, 0.1) is 11.7 Å². The molecule has 0 spiro atoms. The van der Waals surface area contributed by atoms with Gasteiger partial charge in [-0.25, -0.2) is 4.39 Å². The number of para-hydroxylation sites is 1. The molecule has 1 amide bonds. The van der Waals surface area contributed by atoms with Gasteiger partial charge in [0.25, 0.3) is 5.91 Å². The van der Waals surface area contributed by atoms with Crippen molar-refractivity contribution in [3.05, 3.63) is 77.1 Å². The second kappa shape index (κ2) is 7.64. The number of halogens is 1. The normalized spacial score (nSPS) is 27.2. The van der Waals surface area contributed by atoms with Gasteiger partial charge in [-0.05, 0) is 54.5 Å². The molecule has 2 aromatic rings. The van der Waals surface area contributed by atoms with Crippen LogP contribution in [0.1, 0.15) is 52.7 Å². The zero-order valence-corrected chi connectivity index (χ0v) is 16.2. The zero-order chi connectivity index (χ0) is 19.8. The van der Waals surface area contributed by atoms with E-state index >= 15 is 0 Å². The SMILES string of the molecule is O=C(NCC1CCCO1)c1cccc2c1NC(c1ccc(F)cc1)C1CC=CC21. The highest BCUT2D eigenvalue weighted by Gasteiger charge is 2.39. The third-order valence-electron chi connectivity index (χ3n) is 6.38. The maximum Gasteiger partial charge on any atom is 0.253 e. The molecule has 0 bridgehead atoms. The van der Waals surface area contributed by atoms with Crippen molar-refractivity contribution in [1.29, 1.82) is 0 Å². The summed E-state index contributed by atoms with van der Waals surface area (Å²) in [7, 11) is 0. The second-order valence-corrected chi connectivity index (χ2v) is 8.14. The molecular weight excluding hydrogens is 367 g/mol. The largest absolute Gasteiger partial charge is 0.377 e. The maximum atomic E-state index is 13.4. The van der Waals surface area contributed by atoms with Gasteiger partial charge in [-0.15, -0.1) is 0 Å². The second-order valence-electron chi connectivity index (χ2n) is 8.14. The summed E-state index contributed by atoms with van der Waals surface area (Å²) in [5.74, 6) is 0.300. The highest BCUT2D eigenvalue weighted by atomic mass is 19.1. The fourth-order valence-corrected chi connectivity index (χ4v) is 4.92. The summed E-state index contributed by atoms with van der Waals surface area (Å²) in [5, 5.41) is 6.67. The molecule has 2 aromatic carbocycles. The predicted molar refractivity (Wildman–Crippen MR) is 111 cm³/mol. The van der Waals surface area contributed by atoms with Crippen LogP contribution in [-0.2, 0) is 4.74 Å². The standard InChI is InChI=1S/C24H25FN2O2/c25-16-11-9-15(10-12-16)22-19-6-1-5-18(19)20-7-2-8-21(23(20)27-22)24(28)26-14-17-4-3-13-29-17/h1-2,5,7-12,17-19,22,27H,3-4,6,13-14H2,(H,26,28). The smallest absolute Gasteiger partial charge is 0.253 e. The number of carbonyl (C=O) groups excluding carboxylic acids is 1. The number of hydrogen-bond donors (Lipinski definition) is 2. The van der Waals surface area contributed by atoms with Crippen LogP contribution < -0.4 is 10.6 Å². The summed E-state index contributed by atoms with van der Waals surface area (Å²) in [5.41, 5.74) is 3.75. The third-order valence-corrected chi connectivity index (χ3v) is 6.38. The van der Waals surface area contributed by atoms with Crippen LogP contribution in [0.4, 0.5) is 10.1 Å². The first-order valence-corrected chi connectivity index (χ1v) is 10.4. The van der Waals surface area contributed by atoms with Crippen molar-refractivity contribution in [3.8, 4) is 0 Å². The van der Waals surface area contributed by atoms with Crippen LogP contribution in [0.5, 0.6) is 0 Å². The van der Waals surface area contributed by atoms with E-state index in [-0.39, 0.29) is 29.8 Å². The Balaban J connectivity index is 1.45. The fourth-order valence-electron chi connectivity index (χ4n) is 4.92. The van der Waals surface area contributed by atoms with E-state index in [0.29, 0.717) is 18.0 Å². The van der Waals surface area contributed by atoms with Crippen LogP contribution >= 0.6 is 0 Å². The van der Waals surface area contributed by atoms with Gasteiger partial charge in [-0.3, -0.25) is 4.79 Å². The van der Waals surface area contributed by atoms with Crippen molar-refractivity contribution >= 4 is 11.6 Å². The van der Waals surface area contributed by atoms with E-state index in [9.17, 15) is 9.18 Å². The lowest BCUT2D eigenvalue weighted by Gasteiger charge is -2.38. The van der Waals surface area contributed by atoms with Gasteiger partial charge in [0.1, 0.15) is 5.82 Å². The predicted octanol–water partition coefficient (Wildman–Crippen LogP) is 4.56. The van der Waals surface area contributed by atoms with E-state index < -0.39 is 0 Å². The van der Waals surface area contributed by atoms with Gasteiger partial charge in [-0.2, -0.15) is 0 Å². The summed E-state index contributed by atoms with van der Waals surface area (Å²) in [6.45, 7) is 1.31. The first-order chi connectivity index (χ1) is 14.2. The van der Waals surface area contributed by atoms with Gasteiger partial charge in [0.05, 0.1) is 23.4 Å². The molecule has 29 heavy (non-hydrogen) atoms. The summed E-state index contributed by atoms with van der Waals surface area (Å²) in [4.78, 5) is 13.0. The minimum absolute atomic E-state index is 0.0372. The molecule has 1 fully saturated rings. The molecule has 2 N–H and O–H groups in total. The molecule has 1 saturated heterocycles. The Kier molecular flexibility index (Phi) is 4.84. The Morgan fingerprint density at radius 1 is 1.21 bits per heavy atom. The number of carbonyl (C=O) groups is 1. The number of anilines is 1. The molecule has 2 heterocycles. The molecule has 3 aliphatic rings. The molecule has 2 aliphatic heterocycles. The van der Waals surface area contributed by atoms with Crippen molar-refractivity contribution < 1.29 is 13.9 Å². The van der Waals surface area contributed by atoms with Crippen molar-refractivity contribution in [2.45, 2.75) is 37.3 Å². The quantitative estimate of drug-likeness (QED) is 0.750. The van der Waals surface area contributed by atoms with Crippen molar-refractivity contribution in [3.63, 3.8) is 0 Å². The van der Waals surface area contributed by atoms with Crippen molar-refractivity contribution in [1.82, 2.24) is 5.32 Å². The maximum absolute atomic E-state index is 13.4. The number of allylic oxidation sites excluding steroid dienone is 2. The lowest BCUT2D eigenvalue weighted by Crippen LogP contribution is -2.34. The number of ether oxygens (including phenoxy) is 1. The van der Waals surface area contributed by atoms with E-state index in [1.165, 1.54) is 12.1 Å². The van der Waals surface area contributed by atoms with E-state index in [1.807, 2.05) is 24.3 Å². The van der Waals surface area contributed by atoms with Crippen molar-refractivity contribution in [2.75, 3.05) is 18.5 Å². The lowest BCUT2D eigenvalue weighted by molar-refractivity contribution is 0.0858. The van der Waals surface area contributed by atoms with Crippen LogP contribution in [0.15, 0.2) is 54.6 Å². The van der Waals surface area contributed by atoms with Crippen LogP contribution in [0.2, 0.25) is 0 Å². The Bertz CT molecular complexity index is 934. The number of fused-ring (bicyclic) bond motifs is 3. The molecule has 150 valence electrons. The Morgan fingerprint density at radius 3 is 2.86 bits per heavy atom. The molecule has 4 unspecified atom stereocenters. The number of rotatable bonds is 4. The van der Waals surface area contributed by atoms with Crippen LogP contribution in [-0.4, -0.2) is 25.2 Å². The van der Waals surface area contributed by atoms with Crippen molar-refractivity contribution in [2.24, 2.45) is 5.92 Å². The molecule has 4 atom stereocenters. The van der Waals surface area contributed by atoms with E-state index in [1.54, 1.807) is 0 Å². The fraction of sp³-hybridized carbons (Fsp3) is 0.375. The van der Waals surface area contributed by atoms with Gasteiger partial charge in [0.2, 0.25) is 0 Å². The molecule has 0 aromatic heterocycles. The molecule has 4 nitrogen and oxygen atoms in total. The lowest BCUT2D eigenvalue weighted by atomic mass is 9.76. The number of nitrogens with one attached hydrogen (secondary N) is 2. The summed E-state index contributed by atoms with van der Waals surface area (Å²) in [6.07, 6.45) is 7.58. The highest BCUT2D eigenvalue weighted by Crippen LogP contribution is 2.50. The van der Waals surface area contributed by atoms with E-state index in [2.05, 4.69) is 28.9 Å². The molecule has 5 rings (SSSR count). The zero-order valence-electron chi connectivity index (χ0n) is 16.2. The molecule has 5 heteroatoms. The number of hydrogen-bond acceptors (Lipinski definition) is 3. The minimum Gasteiger partial charge on any atom is -0.377 e. The van der Waals surface area contributed by atoms with Gasteiger partial charge in [-0.1, -0.05) is 36.4 Å². The average Bonchev–Trinajstić information content (AvgIpc) is 3.44. The highest BCUT2D eigenvalue weighted by molar-refractivity contribution is 6.00. The first-order valence-electron chi connectivity index (χ1n) is 10.4. The molecule has 1 aliphatic carbocycles. The van der Waals surface area contributed by atoms with Crippen LogP contribution in [0.25, 0.3) is 0 Å². The van der Waals surface area contributed by atoms with Gasteiger partial charge < -0.3 is 15.4 Å². The third kappa shape index (κ3) is 3.44. The molecular formula is C24H25FN2O2. The molecule has 0 saturated carbocycles. The Morgan fingerprint density at radius 2 is 2.07 bits per heavy atom. The minimum atomic E-state index is -0.236. The summed E-state index contributed by atoms with van der Waals surface area (Å²) >= 11 is 0. The summed E-state index contributed by atoms with van der Waals surface area (Å²) in [6, 6.07) is 12.7. The Hall–Kier alpha value is -2.66. The first kappa shape index (κ1) is 18.4. The Labute approximate surface area is 170 Å². The number of amides is 1. The van der Waals surface area contributed by atoms with Crippen LogP contribution in [0.3, 0.4) is 0 Å². The molecule has 0 radical (unpaired) electrons.